The number of unbranched alkanes of at least 4 members (excludes halogenated alkanes) is 2. The first-order chi connectivity index (χ1) is 6.62. The van der Waals surface area contributed by atoms with Gasteiger partial charge in [0.15, 0.2) is 0 Å². The minimum atomic E-state index is -0.0552. The summed E-state index contributed by atoms with van der Waals surface area (Å²) in [5, 5.41) is 8.49. The first-order valence-corrected chi connectivity index (χ1v) is 5.36. The Morgan fingerprint density at radius 1 is 1.21 bits per heavy atom. The molecule has 0 atom stereocenters. The van der Waals surface area contributed by atoms with E-state index in [1.165, 1.54) is 6.42 Å². The van der Waals surface area contributed by atoms with E-state index in [1.807, 2.05) is 13.0 Å². The molecule has 0 bridgehead atoms. The molecule has 0 radical (unpaired) electrons. The Hall–Kier alpha value is -0.680. The van der Waals surface area contributed by atoms with Gasteiger partial charge in [-0.15, -0.1) is 0 Å². The lowest BCUT2D eigenvalue weighted by atomic mass is 9.88. The normalized spacial score (nSPS) is 10.8. The van der Waals surface area contributed by atoms with Gasteiger partial charge in [-0.1, -0.05) is 18.8 Å². The molecular formula is C12H22O2. The van der Waals surface area contributed by atoms with Crippen LogP contribution in [0.4, 0.5) is 0 Å². The van der Waals surface area contributed by atoms with E-state index in [4.69, 9.17) is 9.84 Å². The third-order valence-electron chi connectivity index (χ3n) is 2.19. The van der Waals surface area contributed by atoms with Crippen LogP contribution in [0.25, 0.3) is 0 Å². The standard InChI is InChI=1S/C12H22O2/c1-4-14-11-7-5-6-8-12(2,3)9-10-13/h13H,4-8,11H2,1-3H3. The second-order valence-corrected chi connectivity index (χ2v) is 4.13. The molecule has 0 fully saturated rings. The maximum atomic E-state index is 8.49. The fourth-order valence-corrected chi connectivity index (χ4v) is 1.31. The first kappa shape index (κ1) is 13.3. The molecule has 82 valence electrons. The van der Waals surface area contributed by atoms with Crippen LogP contribution < -0.4 is 0 Å². The molecule has 0 aliphatic rings. The van der Waals surface area contributed by atoms with E-state index in [2.05, 4.69) is 19.8 Å². The molecule has 0 saturated heterocycles. The van der Waals surface area contributed by atoms with Crippen molar-refractivity contribution in [2.24, 2.45) is 5.41 Å². The van der Waals surface area contributed by atoms with Crippen LogP contribution in [-0.4, -0.2) is 18.3 Å². The van der Waals surface area contributed by atoms with E-state index in [9.17, 15) is 0 Å². The molecule has 0 aromatic rings. The first-order valence-electron chi connectivity index (χ1n) is 5.36. The van der Waals surface area contributed by atoms with Crippen molar-refractivity contribution in [2.45, 2.75) is 46.5 Å². The summed E-state index contributed by atoms with van der Waals surface area (Å²) in [4.78, 5) is 0. The maximum Gasteiger partial charge on any atom is 0.108 e. The average molecular weight is 198 g/mol. The summed E-state index contributed by atoms with van der Waals surface area (Å²) in [6.07, 6.45) is 6.48. The van der Waals surface area contributed by atoms with Crippen LogP contribution in [0.15, 0.2) is 0 Å². The van der Waals surface area contributed by atoms with Crippen molar-refractivity contribution in [1.29, 1.82) is 0 Å². The van der Waals surface area contributed by atoms with E-state index in [0.717, 1.165) is 32.5 Å². The molecule has 0 saturated carbocycles. The van der Waals surface area contributed by atoms with E-state index in [0.29, 0.717) is 0 Å². The van der Waals surface area contributed by atoms with Gasteiger partial charge in [-0.25, -0.2) is 0 Å². The van der Waals surface area contributed by atoms with E-state index >= 15 is 0 Å². The number of hydrogen-bond donors (Lipinski definition) is 1. The molecular weight excluding hydrogens is 176 g/mol. The van der Waals surface area contributed by atoms with Crippen molar-refractivity contribution >= 4 is 0 Å². The van der Waals surface area contributed by atoms with Crippen molar-refractivity contribution in [3.63, 3.8) is 0 Å². The molecule has 0 aromatic heterocycles. The van der Waals surface area contributed by atoms with E-state index in [1.54, 1.807) is 0 Å². The zero-order chi connectivity index (χ0) is 10.9. The number of aliphatic hydroxyl groups excluding tert-OH is 1. The number of rotatable bonds is 7. The summed E-state index contributed by atoms with van der Waals surface area (Å²) in [5.41, 5.74) is -0.0552. The lowest BCUT2D eigenvalue weighted by molar-refractivity contribution is 0.142. The second-order valence-electron chi connectivity index (χ2n) is 4.13. The minimum absolute atomic E-state index is 0.0552. The summed E-state index contributed by atoms with van der Waals surface area (Å²) in [7, 11) is 0. The largest absolute Gasteiger partial charge is 0.462 e. The van der Waals surface area contributed by atoms with Gasteiger partial charge in [0.25, 0.3) is 0 Å². The Bertz CT molecular complexity index is 186. The third-order valence-corrected chi connectivity index (χ3v) is 2.19. The molecule has 0 amide bonds. The van der Waals surface area contributed by atoms with E-state index < -0.39 is 0 Å². The predicted molar refractivity (Wildman–Crippen MR) is 58.5 cm³/mol. The lowest BCUT2D eigenvalue weighted by Crippen LogP contribution is -2.07. The minimum Gasteiger partial charge on any atom is -0.462 e. The molecule has 0 heterocycles. The molecule has 14 heavy (non-hydrogen) atoms. The average Bonchev–Trinajstić information content (AvgIpc) is 2.11. The summed E-state index contributed by atoms with van der Waals surface area (Å²) in [5.74, 6) is 2.80. The molecule has 2 heteroatoms. The van der Waals surface area contributed by atoms with Gasteiger partial charge >= 0.3 is 0 Å². The monoisotopic (exact) mass is 198 g/mol. The van der Waals surface area contributed by atoms with Gasteiger partial charge in [0.2, 0.25) is 0 Å². The van der Waals surface area contributed by atoms with Gasteiger partial charge in [-0.2, -0.15) is 0 Å². The Kier molecular flexibility index (Phi) is 7.32. The molecule has 0 unspecified atom stereocenters. The fourth-order valence-electron chi connectivity index (χ4n) is 1.31. The van der Waals surface area contributed by atoms with Crippen LogP contribution in [-0.2, 0) is 4.74 Å². The molecule has 0 aliphatic carbocycles. The van der Waals surface area contributed by atoms with Gasteiger partial charge in [0.05, 0.1) is 0 Å². The van der Waals surface area contributed by atoms with Crippen LogP contribution in [0.1, 0.15) is 46.5 Å². The maximum absolute atomic E-state index is 8.49. The third kappa shape index (κ3) is 7.94. The van der Waals surface area contributed by atoms with Crippen molar-refractivity contribution in [1.82, 2.24) is 0 Å². The quantitative estimate of drug-likeness (QED) is 0.503. The highest BCUT2D eigenvalue weighted by Crippen LogP contribution is 2.22. The molecule has 0 rings (SSSR count). The lowest BCUT2D eigenvalue weighted by Gasteiger charge is -2.16. The Morgan fingerprint density at radius 2 is 1.93 bits per heavy atom. The van der Waals surface area contributed by atoms with Crippen LogP contribution in [0.3, 0.4) is 0 Å². The second kappa shape index (κ2) is 7.70. The molecule has 0 aliphatic heterocycles. The van der Waals surface area contributed by atoms with Crippen LogP contribution in [0.2, 0.25) is 0 Å². The van der Waals surface area contributed by atoms with Gasteiger partial charge in [0, 0.05) is 18.6 Å². The zero-order valence-corrected chi connectivity index (χ0v) is 9.60. The Balaban J connectivity index is 3.38. The van der Waals surface area contributed by atoms with Gasteiger partial charge in [-0.05, 0) is 33.6 Å². The van der Waals surface area contributed by atoms with Gasteiger partial charge in [0.1, 0.15) is 6.11 Å². The molecule has 0 spiro atoms. The van der Waals surface area contributed by atoms with Crippen molar-refractivity contribution in [3.05, 3.63) is 0 Å². The molecule has 2 nitrogen and oxygen atoms in total. The smallest absolute Gasteiger partial charge is 0.108 e. The highest BCUT2D eigenvalue weighted by molar-refractivity contribution is 5.03. The Labute approximate surface area is 87.7 Å². The number of aliphatic hydroxyl groups is 1. The number of ether oxygens (including phenoxy) is 1. The van der Waals surface area contributed by atoms with Gasteiger partial charge < -0.3 is 9.84 Å². The Morgan fingerprint density at radius 3 is 2.50 bits per heavy atom. The van der Waals surface area contributed by atoms with Crippen LogP contribution in [0.5, 0.6) is 0 Å². The predicted octanol–water partition coefficient (Wildman–Crippen LogP) is 2.94. The zero-order valence-electron chi connectivity index (χ0n) is 9.60. The topological polar surface area (TPSA) is 29.5 Å². The van der Waals surface area contributed by atoms with Gasteiger partial charge in [-0.3, -0.25) is 0 Å². The molecule has 0 aromatic carbocycles. The van der Waals surface area contributed by atoms with Crippen molar-refractivity contribution in [2.75, 3.05) is 13.2 Å². The summed E-state index contributed by atoms with van der Waals surface area (Å²) in [6.45, 7) is 7.79. The highest BCUT2D eigenvalue weighted by atomic mass is 16.5. The summed E-state index contributed by atoms with van der Waals surface area (Å²) in [6, 6.07) is 0. The van der Waals surface area contributed by atoms with Crippen LogP contribution in [0, 0.1) is 17.4 Å². The highest BCUT2D eigenvalue weighted by Gasteiger charge is 2.13. The summed E-state index contributed by atoms with van der Waals surface area (Å²) < 4.78 is 5.25. The van der Waals surface area contributed by atoms with E-state index in [-0.39, 0.29) is 5.41 Å². The SMILES string of the molecule is CCOCCCCCC(C)(C)C#CO. The van der Waals surface area contributed by atoms with Crippen LogP contribution >= 0.6 is 0 Å². The van der Waals surface area contributed by atoms with Crippen molar-refractivity contribution < 1.29 is 9.84 Å². The summed E-state index contributed by atoms with van der Waals surface area (Å²) >= 11 is 0. The van der Waals surface area contributed by atoms with Crippen molar-refractivity contribution in [3.8, 4) is 12.0 Å². The fraction of sp³-hybridized carbons (Fsp3) is 0.833. The molecule has 1 N–H and O–H groups in total. The number of hydrogen-bond acceptors (Lipinski definition) is 2.